The maximum Gasteiger partial charge on any atom is 0.269 e. The van der Waals surface area contributed by atoms with Gasteiger partial charge < -0.3 is 15.7 Å². The number of hydrogen-bond acceptors (Lipinski definition) is 6. The Hall–Kier alpha value is -3.16. The molecule has 0 amide bonds. The van der Waals surface area contributed by atoms with Crippen molar-refractivity contribution in [2.24, 2.45) is 10.9 Å². The van der Waals surface area contributed by atoms with Gasteiger partial charge in [0.1, 0.15) is 17.2 Å². The monoisotopic (exact) mass is 288 g/mol. The zero-order chi connectivity index (χ0) is 15.4. The van der Waals surface area contributed by atoms with Crippen molar-refractivity contribution in [2.45, 2.75) is 6.92 Å². The number of nitro benzene ring substituents is 1. The van der Waals surface area contributed by atoms with Crippen LogP contribution in [0.3, 0.4) is 0 Å². The summed E-state index contributed by atoms with van der Waals surface area (Å²) in [5.41, 5.74) is 6.31. The third-order valence-electron chi connectivity index (χ3n) is 2.70. The summed E-state index contributed by atoms with van der Waals surface area (Å²) in [5.74, 6) is 0.752. The highest BCUT2D eigenvalue weighted by Crippen LogP contribution is 2.28. The lowest BCUT2D eigenvalue weighted by atomic mass is 10.2. The number of rotatable bonds is 4. The Labute approximate surface area is 119 Å². The summed E-state index contributed by atoms with van der Waals surface area (Å²) in [6.07, 6.45) is 1.45. The third kappa shape index (κ3) is 3.24. The predicted octanol–water partition coefficient (Wildman–Crippen LogP) is 2.19. The summed E-state index contributed by atoms with van der Waals surface area (Å²) in [7, 11) is 0. The van der Waals surface area contributed by atoms with Crippen LogP contribution in [0.25, 0.3) is 0 Å². The van der Waals surface area contributed by atoms with Crippen LogP contribution in [0.1, 0.15) is 11.3 Å². The molecule has 1 aromatic heterocycles. The smallest absolute Gasteiger partial charge is 0.269 e. The van der Waals surface area contributed by atoms with Crippen molar-refractivity contribution in [3.63, 3.8) is 0 Å². The van der Waals surface area contributed by atoms with Crippen molar-refractivity contribution in [2.75, 3.05) is 0 Å². The Kier molecular flexibility index (Phi) is 3.98. The molecule has 0 spiro atoms. The SMILES string of the molecule is Cc1cc([N+](=O)[O-])ccc1Oc1ccnc(/C(N)=N/O)c1. The number of non-ortho nitro benzene ring substituents is 1. The van der Waals surface area contributed by atoms with Gasteiger partial charge in [0.2, 0.25) is 0 Å². The molecule has 0 radical (unpaired) electrons. The molecular weight excluding hydrogens is 276 g/mol. The van der Waals surface area contributed by atoms with Gasteiger partial charge in [-0.2, -0.15) is 0 Å². The van der Waals surface area contributed by atoms with Crippen LogP contribution in [-0.4, -0.2) is 21.0 Å². The maximum atomic E-state index is 10.7. The van der Waals surface area contributed by atoms with Gasteiger partial charge in [0.25, 0.3) is 5.69 Å². The van der Waals surface area contributed by atoms with Crippen LogP contribution in [0, 0.1) is 17.0 Å². The number of aryl methyl sites for hydroxylation is 1. The van der Waals surface area contributed by atoms with Gasteiger partial charge >= 0.3 is 0 Å². The molecule has 0 bridgehead atoms. The highest BCUT2D eigenvalue weighted by Gasteiger charge is 2.10. The molecule has 1 aromatic carbocycles. The Morgan fingerprint density at radius 2 is 2.19 bits per heavy atom. The summed E-state index contributed by atoms with van der Waals surface area (Å²) in [4.78, 5) is 14.1. The molecule has 108 valence electrons. The lowest BCUT2D eigenvalue weighted by molar-refractivity contribution is -0.384. The van der Waals surface area contributed by atoms with E-state index in [1.54, 1.807) is 13.0 Å². The molecule has 0 atom stereocenters. The highest BCUT2D eigenvalue weighted by atomic mass is 16.6. The van der Waals surface area contributed by atoms with Gasteiger partial charge in [-0.3, -0.25) is 15.1 Å². The van der Waals surface area contributed by atoms with E-state index in [0.29, 0.717) is 17.1 Å². The maximum absolute atomic E-state index is 10.7. The van der Waals surface area contributed by atoms with Crippen molar-refractivity contribution in [1.82, 2.24) is 4.98 Å². The molecule has 0 unspecified atom stereocenters. The zero-order valence-corrected chi connectivity index (χ0v) is 11.1. The summed E-state index contributed by atoms with van der Waals surface area (Å²) in [6.45, 7) is 1.70. The lowest BCUT2D eigenvalue weighted by Gasteiger charge is -2.09. The van der Waals surface area contributed by atoms with E-state index in [1.165, 1.54) is 30.5 Å². The van der Waals surface area contributed by atoms with Gasteiger partial charge in [-0.15, -0.1) is 0 Å². The number of pyridine rings is 1. The van der Waals surface area contributed by atoms with Crippen molar-refractivity contribution >= 4 is 11.5 Å². The van der Waals surface area contributed by atoms with E-state index in [0.717, 1.165) is 0 Å². The molecule has 0 aliphatic heterocycles. The Balaban J connectivity index is 2.28. The highest BCUT2D eigenvalue weighted by molar-refractivity contribution is 5.95. The first-order valence-electron chi connectivity index (χ1n) is 5.88. The number of hydrogen-bond donors (Lipinski definition) is 2. The average molecular weight is 288 g/mol. The quantitative estimate of drug-likeness (QED) is 0.292. The number of nitro groups is 1. The van der Waals surface area contributed by atoms with Crippen molar-refractivity contribution < 1.29 is 14.9 Å². The van der Waals surface area contributed by atoms with E-state index < -0.39 is 4.92 Å². The molecule has 3 N–H and O–H groups in total. The minimum absolute atomic E-state index is 0.00748. The fourth-order valence-electron chi connectivity index (χ4n) is 1.65. The summed E-state index contributed by atoms with van der Waals surface area (Å²) in [6, 6.07) is 7.37. The molecular formula is C13H12N4O4. The lowest BCUT2D eigenvalue weighted by Crippen LogP contribution is -2.14. The third-order valence-corrected chi connectivity index (χ3v) is 2.70. The fourth-order valence-corrected chi connectivity index (χ4v) is 1.65. The summed E-state index contributed by atoms with van der Waals surface area (Å²) < 4.78 is 5.62. The normalized spacial score (nSPS) is 11.2. The van der Waals surface area contributed by atoms with Crippen LogP contribution in [0.5, 0.6) is 11.5 Å². The summed E-state index contributed by atoms with van der Waals surface area (Å²) in [5, 5.41) is 22.2. The number of ether oxygens (including phenoxy) is 1. The number of amidine groups is 1. The van der Waals surface area contributed by atoms with Crippen molar-refractivity contribution in [1.29, 1.82) is 0 Å². The zero-order valence-electron chi connectivity index (χ0n) is 11.1. The molecule has 0 saturated heterocycles. The van der Waals surface area contributed by atoms with E-state index in [4.69, 9.17) is 15.7 Å². The molecule has 1 heterocycles. The Morgan fingerprint density at radius 3 is 2.81 bits per heavy atom. The molecule has 2 rings (SSSR count). The van der Waals surface area contributed by atoms with Crippen molar-refractivity contribution in [3.8, 4) is 11.5 Å². The van der Waals surface area contributed by atoms with Gasteiger partial charge in [0.05, 0.1) is 4.92 Å². The predicted molar refractivity (Wildman–Crippen MR) is 74.7 cm³/mol. The van der Waals surface area contributed by atoms with Crippen LogP contribution >= 0.6 is 0 Å². The minimum atomic E-state index is -0.472. The fraction of sp³-hybridized carbons (Fsp3) is 0.0769. The Bertz CT molecular complexity index is 715. The number of oxime groups is 1. The molecule has 0 aliphatic rings. The largest absolute Gasteiger partial charge is 0.457 e. The van der Waals surface area contributed by atoms with Crippen LogP contribution < -0.4 is 10.5 Å². The van der Waals surface area contributed by atoms with E-state index in [-0.39, 0.29) is 17.2 Å². The van der Waals surface area contributed by atoms with E-state index in [9.17, 15) is 10.1 Å². The van der Waals surface area contributed by atoms with Crippen LogP contribution in [-0.2, 0) is 0 Å². The van der Waals surface area contributed by atoms with E-state index >= 15 is 0 Å². The molecule has 2 aromatic rings. The standard InChI is InChI=1S/C13H12N4O4/c1-8-6-9(17(19)20)2-3-12(8)21-10-4-5-15-11(7-10)13(14)16-18/h2-7,18H,1H3,(H2,14,16). The summed E-state index contributed by atoms with van der Waals surface area (Å²) >= 11 is 0. The first-order valence-corrected chi connectivity index (χ1v) is 5.88. The minimum Gasteiger partial charge on any atom is -0.457 e. The molecule has 8 nitrogen and oxygen atoms in total. The number of benzene rings is 1. The van der Waals surface area contributed by atoms with Crippen molar-refractivity contribution in [3.05, 3.63) is 57.9 Å². The van der Waals surface area contributed by atoms with Crippen LogP contribution in [0.2, 0.25) is 0 Å². The van der Waals surface area contributed by atoms with Gasteiger partial charge in [0, 0.05) is 24.4 Å². The first-order chi connectivity index (χ1) is 10.0. The van der Waals surface area contributed by atoms with Crippen LogP contribution in [0.15, 0.2) is 41.7 Å². The second-order valence-corrected chi connectivity index (χ2v) is 4.17. The molecule has 0 aliphatic carbocycles. The number of nitrogens with zero attached hydrogens (tertiary/aromatic N) is 3. The van der Waals surface area contributed by atoms with E-state index in [2.05, 4.69) is 10.1 Å². The topological polar surface area (TPSA) is 124 Å². The second kappa shape index (κ2) is 5.87. The first kappa shape index (κ1) is 14.3. The molecule has 8 heteroatoms. The van der Waals surface area contributed by atoms with E-state index in [1.807, 2.05) is 0 Å². The molecule has 0 saturated carbocycles. The van der Waals surface area contributed by atoms with Gasteiger partial charge in [-0.05, 0) is 24.6 Å². The van der Waals surface area contributed by atoms with Gasteiger partial charge in [0.15, 0.2) is 5.84 Å². The van der Waals surface area contributed by atoms with Gasteiger partial charge in [-0.25, -0.2) is 0 Å². The van der Waals surface area contributed by atoms with Crippen LogP contribution in [0.4, 0.5) is 5.69 Å². The molecule has 0 fully saturated rings. The number of aromatic nitrogens is 1. The molecule has 21 heavy (non-hydrogen) atoms. The number of nitrogens with two attached hydrogens (primary N) is 1. The second-order valence-electron chi connectivity index (χ2n) is 4.17. The Morgan fingerprint density at radius 1 is 1.43 bits per heavy atom. The average Bonchev–Trinajstić information content (AvgIpc) is 2.48. The van der Waals surface area contributed by atoms with Gasteiger partial charge in [-0.1, -0.05) is 5.16 Å².